The molecule has 0 amide bonds. The summed E-state index contributed by atoms with van der Waals surface area (Å²) in [6.07, 6.45) is 0. The molecule has 0 fully saturated rings. The second-order valence-corrected chi connectivity index (χ2v) is 12.6. The van der Waals surface area contributed by atoms with Gasteiger partial charge in [0.05, 0.1) is 11.4 Å². The van der Waals surface area contributed by atoms with Gasteiger partial charge in [-0.2, -0.15) is 0 Å². The molecule has 0 aliphatic heterocycles. The highest BCUT2D eigenvalue weighted by molar-refractivity contribution is 6.29. The van der Waals surface area contributed by atoms with Crippen LogP contribution in [0.1, 0.15) is 22.3 Å². The van der Waals surface area contributed by atoms with Gasteiger partial charge in [0, 0.05) is 38.9 Å². The van der Waals surface area contributed by atoms with Gasteiger partial charge >= 0.3 is 0 Å². The molecule has 0 aliphatic rings. The molecule has 2 nitrogen and oxygen atoms in total. The number of rotatable bonds is 6. The normalized spacial score (nSPS) is 11.5. The number of nitrogens with zero attached hydrogens (tertiary/aromatic N) is 2. The molecule has 0 radical (unpaired) electrons. The van der Waals surface area contributed by atoms with Crippen molar-refractivity contribution in [1.82, 2.24) is 0 Å². The van der Waals surface area contributed by atoms with Crippen LogP contribution in [-0.4, -0.2) is 0 Å². The molecule has 46 heavy (non-hydrogen) atoms. The molecule has 0 heterocycles. The molecule has 0 N–H and O–H groups in total. The summed E-state index contributed by atoms with van der Waals surface area (Å²) in [5, 5.41) is 7.54. The van der Waals surface area contributed by atoms with E-state index in [1.807, 2.05) is 0 Å². The van der Waals surface area contributed by atoms with Gasteiger partial charge in [0.2, 0.25) is 0 Å². The Bertz CT molecular complexity index is 2060. The van der Waals surface area contributed by atoms with Crippen molar-refractivity contribution in [2.45, 2.75) is 27.7 Å². The largest absolute Gasteiger partial charge is 0.310 e. The van der Waals surface area contributed by atoms with Gasteiger partial charge in [-0.05, 0) is 105 Å². The maximum Gasteiger partial charge on any atom is 0.0546 e. The number of anilines is 6. The fraction of sp³-hybridized carbons (Fsp3) is 0.0909. The fourth-order valence-electron chi connectivity index (χ4n) is 6.82. The highest BCUT2D eigenvalue weighted by Crippen LogP contribution is 2.49. The van der Waals surface area contributed by atoms with Crippen LogP contribution in [0.15, 0.2) is 146 Å². The number of hydrogen-bond acceptors (Lipinski definition) is 2. The second-order valence-electron chi connectivity index (χ2n) is 12.6. The molecule has 8 aromatic rings. The summed E-state index contributed by atoms with van der Waals surface area (Å²) in [7, 11) is 0. The van der Waals surface area contributed by atoms with E-state index >= 15 is 0 Å². The van der Waals surface area contributed by atoms with Crippen LogP contribution in [0.25, 0.3) is 32.3 Å². The van der Waals surface area contributed by atoms with Crippen molar-refractivity contribution in [2.75, 3.05) is 9.80 Å². The van der Waals surface area contributed by atoms with Gasteiger partial charge < -0.3 is 9.80 Å². The Morgan fingerprint density at radius 2 is 0.630 bits per heavy atom. The van der Waals surface area contributed by atoms with Crippen molar-refractivity contribution in [3.63, 3.8) is 0 Å². The van der Waals surface area contributed by atoms with Crippen molar-refractivity contribution in [1.29, 1.82) is 0 Å². The average Bonchev–Trinajstić information content (AvgIpc) is 3.08. The van der Waals surface area contributed by atoms with Crippen molar-refractivity contribution in [3.05, 3.63) is 168 Å². The lowest BCUT2D eigenvalue weighted by Crippen LogP contribution is -2.12. The number of hydrogen-bond donors (Lipinski definition) is 0. The van der Waals surface area contributed by atoms with Crippen LogP contribution in [0, 0.1) is 27.7 Å². The third kappa shape index (κ3) is 4.74. The zero-order valence-corrected chi connectivity index (χ0v) is 26.8. The predicted octanol–water partition coefficient (Wildman–Crippen LogP) is 12.8. The number of benzene rings is 8. The molecule has 0 saturated carbocycles. The van der Waals surface area contributed by atoms with E-state index in [0.717, 1.165) is 22.7 Å². The van der Waals surface area contributed by atoms with Crippen molar-refractivity contribution >= 4 is 66.4 Å². The minimum atomic E-state index is 1.14. The smallest absolute Gasteiger partial charge is 0.0546 e. The van der Waals surface area contributed by atoms with E-state index in [-0.39, 0.29) is 0 Å². The SMILES string of the molecule is Cc1ccc(N(c2ccc(C)cc2)c2cc3cccc4cc(N(c5ccc(C)cc5)c5ccc(C)cc5)c5cccc2c5c34)cc1. The van der Waals surface area contributed by atoms with Crippen LogP contribution in [-0.2, 0) is 0 Å². The number of aryl methyl sites for hydroxylation is 4. The Kier molecular flexibility index (Phi) is 6.73. The van der Waals surface area contributed by atoms with Crippen molar-refractivity contribution in [3.8, 4) is 0 Å². The van der Waals surface area contributed by atoms with Gasteiger partial charge in [-0.1, -0.05) is 107 Å². The molecule has 0 unspecified atom stereocenters. The minimum Gasteiger partial charge on any atom is -0.310 e. The summed E-state index contributed by atoms with van der Waals surface area (Å²) >= 11 is 0. The first kappa shape index (κ1) is 27.9. The molecular weight excluding hydrogens is 556 g/mol. The van der Waals surface area contributed by atoms with Gasteiger partial charge in [-0.25, -0.2) is 0 Å². The highest BCUT2D eigenvalue weighted by Gasteiger charge is 2.23. The summed E-state index contributed by atoms with van der Waals surface area (Å²) in [6, 6.07) is 53.8. The summed E-state index contributed by atoms with van der Waals surface area (Å²) in [6.45, 7) is 8.58. The zero-order valence-electron chi connectivity index (χ0n) is 26.8. The Hall–Kier alpha value is -5.60. The maximum absolute atomic E-state index is 2.42. The standard InChI is InChI=1S/C44H36N2/c1-29-11-19-35(20-12-29)45(36-21-13-30(2)14-22-36)41-27-33-7-5-8-34-28-42(40-10-6-9-39(41)44(40)43(33)34)46(37-23-15-31(3)16-24-37)38-25-17-32(4)18-26-38/h5-28H,1-4H3. The van der Waals surface area contributed by atoms with Crippen molar-refractivity contribution < 1.29 is 0 Å². The molecule has 2 heteroatoms. The summed E-state index contributed by atoms with van der Waals surface area (Å²) in [4.78, 5) is 4.83. The first-order valence-electron chi connectivity index (χ1n) is 16.0. The van der Waals surface area contributed by atoms with E-state index in [1.54, 1.807) is 0 Å². The Balaban J connectivity index is 1.46. The van der Waals surface area contributed by atoms with Gasteiger partial charge in [-0.15, -0.1) is 0 Å². The summed E-state index contributed by atoms with van der Waals surface area (Å²) < 4.78 is 0. The second kappa shape index (κ2) is 11.1. The summed E-state index contributed by atoms with van der Waals surface area (Å²) in [5.74, 6) is 0. The lowest BCUT2D eigenvalue weighted by molar-refractivity contribution is 1.28. The molecule has 0 aliphatic carbocycles. The molecule has 0 saturated heterocycles. The maximum atomic E-state index is 2.42. The van der Waals surface area contributed by atoms with Crippen LogP contribution in [0.2, 0.25) is 0 Å². The zero-order chi connectivity index (χ0) is 31.4. The van der Waals surface area contributed by atoms with E-state index in [1.165, 1.54) is 65.9 Å². The Morgan fingerprint density at radius 1 is 0.326 bits per heavy atom. The van der Waals surface area contributed by atoms with Gasteiger partial charge in [0.25, 0.3) is 0 Å². The first-order chi connectivity index (χ1) is 22.4. The fourth-order valence-corrected chi connectivity index (χ4v) is 6.82. The van der Waals surface area contributed by atoms with Gasteiger partial charge in [0.1, 0.15) is 0 Å². The van der Waals surface area contributed by atoms with Crippen LogP contribution in [0.4, 0.5) is 34.1 Å². The van der Waals surface area contributed by atoms with Crippen LogP contribution in [0.3, 0.4) is 0 Å². The molecule has 8 rings (SSSR count). The molecule has 222 valence electrons. The van der Waals surface area contributed by atoms with Crippen molar-refractivity contribution in [2.24, 2.45) is 0 Å². The predicted molar refractivity (Wildman–Crippen MR) is 198 cm³/mol. The van der Waals surface area contributed by atoms with Gasteiger partial charge in [-0.3, -0.25) is 0 Å². The quantitative estimate of drug-likeness (QED) is 0.177. The average molecular weight is 593 g/mol. The van der Waals surface area contributed by atoms with Crippen LogP contribution >= 0.6 is 0 Å². The monoisotopic (exact) mass is 592 g/mol. The molecular formula is C44H36N2. The molecule has 0 bridgehead atoms. The lowest BCUT2D eigenvalue weighted by atomic mass is 9.91. The molecule has 0 spiro atoms. The van der Waals surface area contributed by atoms with Crippen LogP contribution in [0.5, 0.6) is 0 Å². The first-order valence-corrected chi connectivity index (χ1v) is 16.0. The van der Waals surface area contributed by atoms with Crippen LogP contribution < -0.4 is 9.80 Å². The third-order valence-electron chi connectivity index (χ3n) is 9.23. The van der Waals surface area contributed by atoms with E-state index in [9.17, 15) is 0 Å². The van der Waals surface area contributed by atoms with E-state index in [2.05, 4.69) is 183 Å². The van der Waals surface area contributed by atoms with E-state index in [4.69, 9.17) is 0 Å². The van der Waals surface area contributed by atoms with E-state index in [0.29, 0.717) is 0 Å². The topological polar surface area (TPSA) is 6.48 Å². The molecule has 0 atom stereocenters. The Morgan fingerprint density at radius 3 is 0.957 bits per heavy atom. The molecule has 0 aromatic heterocycles. The third-order valence-corrected chi connectivity index (χ3v) is 9.23. The highest BCUT2D eigenvalue weighted by atomic mass is 15.2. The minimum absolute atomic E-state index is 1.14. The summed E-state index contributed by atoms with van der Waals surface area (Å²) in [5.41, 5.74) is 11.9. The van der Waals surface area contributed by atoms with Gasteiger partial charge in [0.15, 0.2) is 0 Å². The Labute approximate surface area is 271 Å². The lowest BCUT2D eigenvalue weighted by Gasteiger charge is -2.30. The molecule has 8 aromatic carbocycles. The van der Waals surface area contributed by atoms with E-state index < -0.39 is 0 Å².